The van der Waals surface area contributed by atoms with Crippen LogP contribution < -0.4 is 5.32 Å². The second-order valence-corrected chi connectivity index (χ2v) is 7.83. The number of hydrogen-bond acceptors (Lipinski definition) is 3. The molecule has 1 aliphatic rings. The lowest BCUT2D eigenvalue weighted by molar-refractivity contribution is -0.137. The van der Waals surface area contributed by atoms with Crippen molar-refractivity contribution in [1.82, 2.24) is 0 Å². The summed E-state index contributed by atoms with van der Waals surface area (Å²) in [6, 6.07) is 9.37. The van der Waals surface area contributed by atoms with Crippen LogP contribution in [0.3, 0.4) is 0 Å². The van der Waals surface area contributed by atoms with Crippen LogP contribution in [0.1, 0.15) is 36.3 Å². The summed E-state index contributed by atoms with van der Waals surface area (Å²) >= 11 is 3.34. The molecule has 2 unspecified atom stereocenters. The zero-order valence-corrected chi connectivity index (χ0v) is 17.5. The maximum absolute atomic E-state index is 14.0. The van der Waals surface area contributed by atoms with E-state index in [-0.39, 0.29) is 30.3 Å². The lowest BCUT2D eigenvalue weighted by Crippen LogP contribution is -2.31. The molecule has 1 saturated carbocycles. The minimum Gasteiger partial charge on any atom is -0.483 e. The van der Waals surface area contributed by atoms with Gasteiger partial charge in [-0.3, -0.25) is 14.4 Å². The molecule has 3 rings (SSSR count). The van der Waals surface area contributed by atoms with Crippen LogP contribution >= 0.6 is 15.9 Å². The quantitative estimate of drug-likeness (QED) is 0.433. The summed E-state index contributed by atoms with van der Waals surface area (Å²) in [5.74, 6) is -2.63. The first kappa shape index (κ1) is 24.5. The third-order valence-electron chi connectivity index (χ3n) is 4.78. The highest BCUT2D eigenvalue weighted by atomic mass is 79.9. The molecule has 0 radical (unpaired) electrons. The van der Waals surface area contributed by atoms with Crippen LogP contribution in [0.15, 0.2) is 46.9 Å². The van der Waals surface area contributed by atoms with Crippen molar-refractivity contribution in [2.75, 3.05) is 5.32 Å². The van der Waals surface area contributed by atoms with E-state index in [1.165, 1.54) is 0 Å². The highest BCUT2D eigenvalue weighted by molar-refractivity contribution is 9.10. The van der Waals surface area contributed by atoms with Gasteiger partial charge in [-0.15, -0.1) is 0 Å². The number of carbonyl (C=O) groups excluding carboxylic acids is 2. The molecular formula is C21H18BrF4NO4. The Bertz CT molecular complexity index is 947. The monoisotopic (exact) mass is 503 g/mol. The normalized spacial score (nSPS) is 18.5. The van der Waals surface area contributed by atoms with Crippen molar-refractivity contribution < 1.29 is 37.1 Å². The molecule has 5 nitrogen and oxygen atoms in total. The lowest BCUT2D eigenvalue weighted by Gasteiger charge is -2.28. The molecule has 0 aliphatic heterocycles. The number of amides is 1. The molecule has 2 N–H and O–H groups in total. The number of carbonyl (C=O) groups is 3. The fourth-order valence-electron chi connectivity index (χ4n) is 3.36. The molecule has 1 amide bonds. The fourth-order valence-corrected chi connectivity index (χ4v) is 3.62. The van der Waals surface area contributed by atoms with Gasteiger partial charge in [0.2, 0.25) is 5.91 Å². The van der Waals surface area contributed by atoms with Gasteiger partial charge >= 0.3 is 6.18 Å². The number of ketones is 1. The Hall–Kier alpha value is -2.75. The van der Waals surface area contributed by atoms with Crippen LogP contribution in [0.4, 0.5) is 23.2 Å². The van der Waals surface area contributed by atoms with Gasteiger partial charge in [0, 0.05) is 23.2 Å². The molecule has 1 fully saturated rings. The van der Waals surface area contributed by atoms with Crippen molar-refractivity contribution in [2.24, 2.45) is 5.92 Å². The Labute approximate surface area is 183 Å². The van der Waals surface area contributed by atoms with Gasteiger partial charge in [-0.1, -0.05) is 28.1 Å². The molecule has 2 atom stereocenters. The number of carboxylic acid groups (broad SMARTS) is 1. The van der Waals surface area contributed by atoms with Crippen LogP contribution in [0.2, 0.25) is 0 Å². The van der Waals surface area contributed by atoms with Gasteiger partial charge in [0.25, 0.3) is 6.47 Å². The number of benzene rings is 2. The van der Waals surface area contributed by atoms with E-state index in [1.807, 2.05) is 24.3 Å². The van der Waals surface area contributed by atoms with Crippen LogP contribution in [0.5, 0.6) is 0 Å². The van der Waals surface area contributed by atoms with Crippen molar-refractivity contribution in [1.29, 1.82) is 0 Å². The van der Waals surface area contributed by atoms with Gasteiger partial charge in [-0.25, -0.2) is 4.39 Å². The summed E-state index contributed by atoms with van der Waals surface area (Å²) in [6.07, 6.45) is -3.92. The third kappa shape index (κ3) is 6.88. The number of hydrogen-bond donors (Lipinski definition) is 2. The molecule has 2 aromatic rings. The van der Waals surface area contributed by atoms with E-state index in [1.54, 1.807) is 0 Å². The Morgan fingerprint density at radius 2 is 1.74 bits per heavy atom. The molecule has 1 aliphatic carbocycles. The SMILES string of the molecule is O=C1CC(C(=O)Nc2ccc(C(F)(F)F)cc2F)CC(c2ccc(Br)cc2)C1.O=CO. The molecule has 2 aromatic carbocycles. The second kappa shape index (κ2) is 10.5. The summed E-state index contributed by atoms with van der Waals surface area (Å²) in [5, 5.41) is 9.21. The highest BCUT2D eigenvalue weighted by Crippen LogP contribution is 2.36. The average Bonchev–Trinajstić information content (AvgIpc) is 2.69. The van der Waals surface area contributed by atoms with Gasteiger partial charge in [0.1, 0.15) is 11.6 Å². The van der Waals surface area contributed by atoms with Gasteiger partial charge < -0.3 is 10.4 Å². The largest absolute Gasteiger partial charge is 0.483 e. The zero-order chi connectivity index (χ0) is 23.2. The van der Waals surface area contributed by atoms with Gasteiger partial charge in [0.05, 0.1) is 11.3 Å². The summed E-state index contributed by atoms with van der Waals surface area (Å²) in [7, 11) is 0. The molecule has 0 aromatic heterocycles. The average molecular weight is 504 g/mol. The van der Waals surface area contributed by atoms with E-state index in [4.69, 9.17) is 9.90 Å². The highest BCUT2D eigenvalue weighted by Gasteiger charge is 2.34. The topological polar surface area (TPSA) is 83.5 Å². The predicted molar refractivity (Wildman–Crippen MR) is 108 cm³/mol. The number of Topliss-reactive ketones (excluding diaryl/α,β-unsaturated/α-hetero) is 1. The maximum Gasteiger partial charge on any atom is 0.416 e. The Kier molecular flexibility index (Phi) is 8.32. The van der Waals surface area contributed by atoms with Crippen LogP contribution in [0, 0.1) is 11.7 Å². The van der Waals surface area contributed by atoms with Crippen LogP contribution in [-0.4, -0.2) is 23.3 Å². The standard InChI is InChI=1S/C20H16BrF4NO2.CH2O2/c21-15-4-1-11(2-5-15)12-7-13(9-16(27)8-12)19(28)26-18-6-3-14(10-17(18)22)20(23,24)25;2-1-3/h1-6,10,12-13H,7-9H2,(H,26,28);1H,(H,2,3). The Balaban J connectivity index is 0.00000107. The fraction of sp³-hybridized carbons (Fsp3) is 0.286. The second-order valence-electron chi connectivity index (χ2n) is 6.92. The van der Waals surface area contributed by atoms with Gasteiger partial charge in [0.15, 0.2) is 0 Å². The molecule has 0 bridgehead atoms. The van der Waals surface area contributed by atoms with E-state index in [0.717, 1.165) is 16.1 Å². The molecule has 0 heterocycles. The summed E-state index contributed by atoms with van der Waals surface area (Å²) in [4.78, 5) is 33.0. The molecule has 166 valence electrons. The van der Waals surface area contributed by atoms with E-state index in [2.05, 4.69) is 21.2 Å². The molecule has 10 heteroatoms. The number of rotatable bonds is 3. The van der Waals surface area contributed by atoms with E-state index < -0.39 is 29.4 Å². The minimum absolute atomic E-state index is 0.0289. The third-order valence-corrected chi connectivity index (χ3v) is 5.31. The summed E-state index contributed by atoms with van der Waals surface area (Å²) in [5.41, 5.74) is -0.544. The number of halogens is 5. The van der Waals surface area contributed by atoms with E-state index >= 15 is 0 Å². The smallest absolute Gasteiger partial charge is 0.416 e. The van der Waals surface area contributed by atoms with Crippen molar-refractivity contribution in [2.45, 2.75) is 31.4 Å². The van der Waals surface area contributed by atoms with Crippen molar-refractivity contribution >= 4 is 39.8 Å². The van der Waals surface area contributed by atoms with Crippen LogP contribution in [0.25, 0.3) is 0 Å². The van der Waals surface area contributed by atoms with E-state index in [0.29, 0.717) is 25.0 Å². The first-order chi connectivity index (χ1) is 14.5. The number of anilines is 1. The minimum atomic E-state index is -4.67. The first-order valence-electron chi connectivity index (χ1n) is 9.07. The molecule has 0 spiro atoms. The zero-order valence-electron chi connectivity index (χ0n) is 16.0. The van der Waals surface area contributed by atoms with Gasteiger partial charge in [-0.05, 0) is 48.2 Å². The Morgan fingerprint density at radius 3 is 2.29 bits per heavy atom. The molecular weight excluding hydrogens is 486 g/mol. The first-order valence-corrected chi connectivity index (χ1v) is 9.87. The number of nitrogens with one attached hydrogen (secondary N) is 1. The van der Waals surface area contributed by atoms with Gasteiger partial charge in [-0.2, -0.15) is 13.2 Å². The molecule has 31 heavy (non-hydrogen) atoms. The van der Waals surface area contributed by atoms with Crippen molar-refractivity contribution in [3.63, 3.8) is 0 Å². The van der Waals surface area contributed by atoms with Crippen LogP contribution in [-0.2, 0) is 20.6 Å². The van der Waals surface area contributed by atoms with Crippen molar-refractivity contribution in [3.05, 3.63) is 63.9 Å². The molecule has 0 saturated heterocycles. The predicted octanol–water partition coefficient (Wildman–Crippen LogP) is 5.40. The lowest BCUT2D eigenvalue weighted by atomic mass is 9.77. The number of alkyl halides is 3. The summed E-state index contributed by atoms with van der Waals surface area (Å²) in [6.45, 7) is -0.250. The maximum atomic E-state index is 14.0. The van der Waals surface area contributed by atoms with E-state index in [9.17, 15) is 27.2 Å². The van der Waals surface area contributed by atoms with Crippen molar-refractivity contribution in [3.8, 4) is 0 Å². The summed E-state index contributed by atoms with van der Waals surface area (Å²) < 4.78 is 52.8. The Morgan fingerprint density at radius 1 is 1.13 bits per heavy atom.